The van der Waals surface area contributed by atoms with Gasteiger partial charge < -0.3 is 15.4 Å². The second-order valence-electron chi connectivity index (χ2n) is 4.28. The monoisotopic (exact) mass is 331 g/mol. The highest BCUT2D eigenvalue weighted by molar-refractivity contribution is 7.82. The minimum atomic E-state index is -0.427. The van der Waals surface area contributed by atoms with Crippen molar-refractivity contribution in [2.75, 3.05) is 12.4 Å². The molecular formula is C15H13N3O2S2. The molecule has 1 aromatic heterocycles. The number of rotatable bonds is 4. The van der Waals surface area contributed by atoms with Gasteiger partial charge in [0.25, 0.3) is 5.91 Å². The standard InChI is InChI=1S/C15H13N3O2S2/c1-20-12-6-10(8-16)5-11(7-12)18-14(19)15(21)17-9-13-3-2-4-22-13/h2-7H,9H2,1H3,(H,17,21)(H,18,19). The van der Waals surface area contributed by atoms with Crippen molar-refractivity contribution in [2.45, 2.75) is 6.54 Å². The first-order valence-corrected chi connectivity index (χ1v) is 7.62. The summed E-state index contributed by atoms with van der Waals surface area (Å²) in [7, 11) is 1.50. The molecule has 7 heteroatoms. The maximum Gasteiger partial charge on any atom is 0.283 e. The average Bonchev–Trinajstić information content (AvgIpc) is 3.05. The molecule has 0 aliphatic heterocycles. The molecule has 2 aromatic rings. The summed E-state index contributed by atoms with van der Waals surface area (Å²) in [5, 5.41) is 16.5. The summed E-state index contributed by atoms with van der Waals surface area (Å²) in [6.07, 6.45) is 0. The van der Waals surface area contributed by atoms with Gasteiger partial charge >= 0.3 is 0 Å². The van der Waals surface area contributed by atoms with Gasteiger partial charge in [-0.05, 0) is 23.6 Å². The number of carbonyl (C=O) groups excluding carboxylic acids is 1. The molecule has 0 fully saturated rings. The van der Waals surface area contributed by atoms with Crippen molar-refractivity contribution < 1.29 is 9.53 Å². The van der Waals surface area contributed by atoms with Crippen LogP contribution in [0.3, 0.4) is 0 Å². The molecule has 0 aliphatic carbocycles. The topological polar surface area (TPSA) is 74.1 Å². The second kappa shape index (κ2) is 7.54. The number of nitrogens with zero attached hydrogens (tertiary/aromatic N) is 1. The summed E-state index contributed by atoms with van der Waals surface area (Å²) in [4.78, 5) is 13.2. The minimum Gasteiger partial charge on any atom is -0.497 e. The van der Waals surface area contributed by atoms with Crippen molar-refractivity contribution >= 4 is 40.1 Å². The van der Waals surface area contributed by atoms with E-state index >= 15 is 0 Å². The fourth-order valence-electron chi connectivity index (χ4n) is 1.70. The molecule has 2 rings (SSSR count). The van der Waals surface area contributed by atoms with Gasteiger partial charge in [0, 0.05) is 16.6 Å². The number of thiocarbonyl (C=S) groups is 1. The lowest BCUT2D eigenvalue weighted by molar-refractivity contribution is -0.110. The predicted octanol–water partition coefficient (Wildman–Crippen LogP) is 2.68. The number of benzene rings is 1. The first-order chi connectivity index (χ1) is 10.6. The molecule has 0 atom stereocenters. The van der Waals surface area contributed by atoms with Crippen LogP contribution in [0.2, 0.25) is 0 Å². The molecule has 0 unspecified atom stereocenters. The Morgan fingerprint density at radius 1 is 1.45 bits per heavy atom. The number of hydrogen-bond acceptors (Lipinski definition) is 5. The highest BCUT2D eigenvalue weighted by atomic mass is 32.1. The Labute approximate surface area is 137 Å². The molecule has 112 valence electrons. The molecule has 1 heterocycles. The number of carbonyl (C=O) groups is 1. The highest BCUT2D eigenvalue weighted by Gasteiger charge is 2.11. The quantitative estimate of drug-likeness (QED) is 0.843. The zero-order valence-corrected chi connectivity index (χ0v) is 13.4. The molecule has 0 spiro atoms. The first-order valence-electron chi connectivity index (χ1n) is 6.33. The number of hydrogen-bond donors (Lipinski definition) is 2. The molecule has 1 amide bonds. The van der Waals surface area contributed by atoms with Gasteiger partial charge in [0.1, 0.15) is 5.75 Å². The van der Waals surface area contributed by atoms with Crippen LogP contribution in [0.1, 0.15) is 10.4 Å². The molecule has 2 N–H and O–H groups in total. The first kappa shape index (κ1) is 15.9. The van der Waals surface area contributed by atoms with Crippen LogP contribution in [0.15, 0.2) is 35.7 Å². The van der Waals surface area contributed by atoms with E-state index < -0.39 is 5.91 Å². The zero-order valence-electron chi connectivity index (χ0n) is 11.8. The third-order valence-corrected chi connectivity index (χ3v) is 3.94. The number of thiophene rings is 1. The highest BCUT2D eigenvalue weighted by Crippen LogP contribution is 2.20. The van der Waals surface area contributed by atoms with E-state index in [4.69, 9.17) is 22.2 Å². The van der Waals surface area contributed by atoms with E-state index in [-0.39, 0.29) is 4.99 Å². The molecule has 0 saturated carbocycles. The van der Waals surface area contributed by atoms with E-state index in [2.05, 4.69) is 10.6 Å². The lowest BCUT2D eigenvalue weighted by Gasteiger charge is -2.09. The van der Waals surface area contributed by atoms with Crippen molar-refractivity contribution in [3.63, 3.8) is 0 Å². The van der Waals surface area contributed by atoms with Crippen LogP contribution in [-0.2, 0) is 11.3 Å². The SMILES string of the molecule is COc1cc(C#N)cc(NC(=O)C(=S)NCc2cccs2)c1. The van der Waals surface area contributed by atoms with E-state index in [1.54, 1.807) is 29.5 Å². The van der Waals surface area contributed by atoms with Crippen molar-refractivity contribution in [2.24, 2.45) is 0 Å². The number of anilines is 1. The minimum absolute atomic E-state index is 0.0923. The summed E-state index contributed by atoms with van der Waals surface area (Å²) in [6, 6.07) is 10.7. The summed E-state index contributed by atoms with van der Waals surface area (Å²) in [5.74, 6) is 0.0653. The molecule has 22 heavy (non-hydrogen) atoms. The number of ether oxygens (including phenoxy) is 1. The van der Waals surface area contributed by atoms with Crippen LogP contribution in [0.4, 0.5) is 5.69 Å². The third-order valence-electron chi connectivity index (χ3n) is 2.74. The largest absolute Gasteiger partial charge is 0.497 e. The Hall–Kier alpha value is -2.43. The Kier molecular flexibility index (Phi) is 5.47. The Morgan fingerprint density at radius 3 is 2.91 bits per heavy atom. The van der Waals surface area contributed by atoms with Crippen LogP contribution in [0.25, 0.3) is 0 Å². The fraction of sp³-hybridized carbons (Fsp3) is 0.133. The predicted molar refractivity (Wildman–Crippen MR) is 90.1 cm³/mol. The number of nitriles is 1. The lowest BCUT2D eigenvalue weighted by atomic mass is 10.2. The van der Waals surface area contributed by atoms with Gasteiger partial charge in [-0.25, -0.2) is 0 Å². The summed E-state index contributed by atoms with van der Waals surface area (Å²) < 4.78 is 5.09. The Balaban J connectivity index is 1.99. The second-order valence-corrected chi connectivity index (χ2v) is 5.72. The van der Waals surface area contributed by atoms with E-state index in [1.807, 2.05) is 23.6 Å². The van der Waals surface area contributed by atoms with Crippen molar-refractivity contribution in [1.29, 1.82) is 5.26 Å². The van der Waals surface area contributed by atoms with Gasteiger partial charge in [-0.1, -0.05) is 18.3 Å². The molecule has 0 saturated heterocycles. The molecular weight excluding hydrogens is 318 g/mol. The maximum absolute atomic E-state index is 12.0. The maximum atomic E-state index is 12.0. The van der Waals surface area contributed by atoms with E-state index in [0.717, 1.165) is 4.88 Å². The number of methoxy groups -OCH3 is 1. The molecule has 0 radical (unpaired) electrons. The lowest BCUT2D eigenvalue weighted by Crippen LogP contribution is -2.33. The normalized spacial score (nSPS) is 9.64. The van der Waals surface area contributed by atoms with Crippen LogP contribution < -0.4 is 15.4 Å². The zero-order chi connectivity index (χ0) is 15.9. The fourth-order valence-corrected chi connectivity index (χ4v) is 2.47. The van der Waals surface area contributed by atoms with E-state index in [9.17, 15) is 4.79 Å². The molecule has 1 aromatic carbocycles. The van der Waals surface area contributed by atoms with E-state index in [1.165, 1.54) is 7.11 Å². The van der Waals surface area contributed by atoms with Gasteiger partial charge in [0.15, 0.2) is 4.99 Å². The van der Waals surface area contributed by atoms with Gasteiger partial charge in [0.05, 0.1) is 25.3 Å². The average molecular weight is 331 g/mol. The number of amides is 1. The van der Waals surface area contributed by atoms with Crippen LogP contribution >= 0.6 is 23.6 Å². The van der Waals surface area contributed by atoms with Crippen LogP contribution in [-0.4, -0.2) is 18.0 Å². The summed E-state index contributed by atoms with van der Waals surface area (Å²) >= 11 is 6.64. The molecule has 0 aliphatic rings. The van der Waals surface area contributed by atoms with Crippen molar-refractivity contribution in [1.82, 2.24) is 5.32 Å². The smallest absolute Gasteiger partial charge is 0.283 e. The van der Waals surface area contributed by atoms with Crippen LogP contribution in [0, 0.1) is 11.3 Å². The van der Waals surface area contributed by atoms with Crippen molar-refractivity contribution in [3.05, 3.63) is 46.2 Å². The van der Waals surface area contributed by atoms with E-state index in [0.29, 0.717) is 23.5 Å². The number of nitrogens with one attached hydrogen (secondary N) is 2. The molecule has 5 nitrogen and oxygen atoms in total. The molecule has 0 bridgehead atoms. The van der Waals surface area contributed by atoms with Gasteiger partial charge in [-0.3, -0.25) is 4.79 Å². The third kappa shape index (κ3) is 4.28. The van der Waals surface area contributed by atoms with Crippen molar-refractivity contribution in [3.8, 4) is 11.8 Å². The summed E-state index contributed by atoms with van der Waals surface area (Å²) in [6.45, 7) is 0.505. The summed E-state index contributed by atoms with van der Waals surface area (Å²) in [5.41, 5.74) is 0.855. The van der Waals surface area contributed by atoms with Gasteiger partial charge in [-0.2, -0.15) is 5.26 Å². The van der Waals surface area contributed by atoms with Gasteiger partial charge in [-0.15, -0.1) is 11.3 Å². The van der Waals surface area contributed by atoms with Gasteiger partial charge in [0.2, 0.25) is 0 Å². The Bertz CT molecular complexity index is 721. The van der Waals surface area contributed by atoms with Crippen LogP contribution in [0.5, 0.6) is 5.75 Å². The Morgan fingerprint density at radius 2 is 2.27 bits per heavy atom.